The first-order valence-corrected chi connectivity index (χ1v) is 13.0. The second-order valence-corrected chi connectivity index (χ2v) is 10.6. The van der Waals surface area contributed by atoms with Crippen LogP contribution in [0.5, 0.6) is 0 Å². The largest absolute Gasteiger partial charge is 0.342 e. The molecule has 2 N–H and O–H groups in total. The summed E-state index contributed by atoms with van der Waals surface area (Å²) < 4.78 is 0. The van der Waals surface area contributed by atoms with Gasteiger partial charge in [0.15, 0.2) is 0 Å². The van der Waals surface area contributed by atoms with E-state index in [2.05, 4.69) is 20.7 Å². The van der Waals surface area contributed by atoms with Crippen molar-refractivity contribution < 1.29 is 14.4 Å². The van der Waals surface area contributed by atoms with Gasteiger partial charge in [-0.05, 0) is 39.8 Å². The molecule has 0 spiro atoms. The van der Waals surface area contributed by atoms with Crippen LogP contribution in [-0.2, 0) is 9.59 Å². The number of nitrogens with zero attached hydrogens (tertiary/aromatic N) is 4. The topological polar surface area (TPSA) is 97.9 Å². The van der Waals surface area contributed by atoms with E-state index in [0.29, 0.717) is 18.1 Å². The number of piperazine rings is 1. The Balaban J connectivity index is 1.24. The van der Waals surface area contributed by atoms with Crippen molar-refractivity contribution in [3.63, 3.8) is 0 Å². The van der Waals surface area contributed by atoms with Crippen molar-refractivity contribution in [1.82, 2.24) is 30.5 Å². The Labute approximate surface area is 199 Å². The van der Waals surface area contributed by atoms with E-state index < -0.39 is 5.91 Å². The lowest BCUT2D eigenvalue weighted by Crippen LogP contribution is -2.59. The molecule has 33 heavy (non-hydrogen) atoms. The zero-order chi connectivity index (χ0) is 23.4. The van der Waals surface area contributed by atoms with Crippen molar-refractivity contribution in [1.29, 1.82) is 0 Å². The third kappa shape index (κ3) is 5.91. The molecule has 1 aliphatic carbocycles. The summed E-state index contributed by atoms with van der Waals surface area (Å²) in [5, 5.41) is 2.68. The normalized spacial score (nSPS) is 23.9. The van der Waals surface area contributed by atoms with E-state index in [0.717, 1.165) is 56.9 Å². The van der Waals surface area contributed by atoms with Gasteiger partial charge in [-0.25, -0.2) is 4.98 Å². The van der Waals surface area contributed by atoms with E-state index >= 15 is 0 Å². The number of rotatable bonds is 4. The second kappa shape index (κ2) is 10.9. The average Bonchev–Trinajstić information content (AvgIpc) is 3.34. The molecule has 9 nitrogen and oxygen atoms in total. The van der Waals surface area contributed by atoms with Crippen molar-refractivity contribution in [3.8, 4) is 0 Å². The quantitative estimate of drug-likeness (QED) is 0.638. The van der Waals surface area contributed by atoms with Gasteiger partial charge in [0.2, 0.25) is 5.91 Å². The molecule has 3 heterocycles. The minimum absolute atomic E-state index is 0.217. The Bertz CT molecular complexity index is 847. The average molecular weight is 477 g/mol. The van der Waals surface area contributed by atoms with Crippen molar-refractivity contribution in [2.75, 3.05) is 46.8 Å². The number of amides is 3. The summed E-state index contributed by atoms with van der Waals surface area (Å²) in [5.74, 6) is 0.200. The molecule has 10 heteroatoms. The van der Waals surface area contributed by atoms with E-state index in [1.807, 2.05) is 23.9 Å². The minimum Gasteiger partial charge on any atom is -0.342 e. The molecular weight excluding hydrogens is 440 g/mol. The number of nitrogens with one attached hydrogen (secondary N) is 2. The van der Waals surface area contributed by atoms with Gasteiger partial charge in [-0.15, -0.1) is 11.3 Å². The molecule has 1 aromatic heterocycles. The molecule has 1 saturated carbocycles. The minimum atomic E-state index is -0.400. The highest BCUT2D eigenvalue weighted by molar-refractivity contribution is 7.09. The highest BCUT2D eigenvalue weighted by Crippen LogP contribution is 2.32. The molecule has 1 aromatic rings. The summed E-state index contributed by atoms with van der Waals surface area (Å²) >= 11 is 1.48. The molecule has 0 bridgehead atoms. The van der Waals surface area contributed by atoms with Crippen molar-refractivity contribution >= 4 is 29.1 Å². The van der Waals surface area contributed by atoms with Crippen LogP contribution in [0, 0.1) is 5.92 Å². The Kier molecular flexibility index (Phi) is 7.98. The number of carbonyl (C=O) groups excluding carboxylic acids is 3. The highest BCUT2D eigenvalue weighted by Gasteiger charge is 2.31. The fraction of sp³-hybridized carbons (Fsp3) is 0.739. The SMILES string of the molecule is CN1CCN(C)C(C(=O)NNC(=O)c2csc(C3CCN(C(=O)C4CCCCC4)CC3)n2)C1. The predicted molar refractivity (Wildman–Crippen MR) is 127 cm³/mol. The van der Waals surface area contributed by atoms with Gasteiger partial charge in [0.1, 0.15) is 11.7 Å². The number of hydrogen-bond donors (Lipinski definition) is 2. The molecule has 1 atom stereocenters. The van der Waals surface area contributed by atoms with E-state index in [4.69, 9.17) is 0 Å². The van der Waals surface area contributed by atoms with Crippen LogP contribution in [0.25, 0.3) is 0 Å². The van der Waals surface area contributed by atoms with E-state index in [1.165, 1.54) is 30.6 Å². The highest BCUT2D eigenvalue weighted by atomic mass is 32.1. The molecule has 2 aliphatic heterocycles. The van der Waals surface area contributed by atoms with Crippen LogP contribution < -0.4 is 10.9 Å². The van der Waals surface area contributed by atoms with E-state index in [1.54, 1.807) is 5.38 Å². The molecule has 182 valence electrons. The van der Waals surface area contributed by atoms with E-state index in [-0.39, 0.29) is 23.8 Å². The Morgan fingerprint density at radius 3 is 2.42 bits per heavy atom. The lowest BCUT2D eigenvalue weighted by atomic mass is 9.87. The summed E-state index contributed by atoms with van der Waals surface area (Å²) in [4.78, 5) is 48.5. The van der Waals surface area contributed by atoms with Crippen LogP contribution in [0.4, 0.5) is 0 Å². The predicted octanol–water partition coefficient (Wildman–Crippen LogP) is 1.44. The Morgan fingerprint density at radius 1 is 0.970 bits per heavy atom. The molecule has 3 amide bonds. The van der Waals surface area contributed by atoms with E-state index in [9.17, 15) is 14.4 Å². The lowest BCUT2D eigenvalue weighted by Gasteiger charge is -2.36. The van der Waals surface area contributed by atoms with Crippen LogP contribution in [0.3, 0.4) is 0 Å². The maximum Gasteiger partial charge on any atom is 0.289 e. The first kappa shape index (κ1) is 24.1. The first-order chi connectivity index (χ1) is 15.9. The maximum absolute atomic E-state index is 12.8. The number of hydrazine groups is 1. The Morgan fingerprint density at radius 2 is 1.70 bits per heavy atom. The molecule has 0 radical (unpaired) electrons. The van der Waals surface area contributed by atoms with Gasteiger partial charge in [0.05, 0.1) is 5.01 Å². The number of thiazole rings is 1. The fourth-order valence-corrected chi connectivity index (χ4v) is 6.06. The molecule has 2 saturated heterocycles. The van der Waals surface area contributed by atoms with Crippen LogP contribution in [0.1, 0.15) is 66.4 Å². The van der Waals surface area contributed by atoms with Gasteiger partial charge < -0.3 is 9.80 Å². The molecule has 3 fully saturated rings. The van der Waals surface area contributed by atoms with Gasteiger partial charge in [-0.1, -0.05) is 19.3 Å². The van der Waals surface area contributed by atoms with Crippen LogP contribution in [0.2, 0.25) is 0 Å². The zero-order valence-corrected chi connectivity index (χ0v) is 20.5. The lowest BCUT2D eigenvalue weighted by molar-refractivity contribution is -0.137. The van der Waals surface area contributed by atoms with Gasteiger partial charge in [0, 0.05) is 49.9 Å². The third-order valence-corrected chi connectivity index (χ3v) is 8.33. The first-order valence-electron chi connectivity index (χ1n) is 12.2. The summed E-state index contributed by atoms with van der Waals surface area (Å²) in [7, 11) is 3.90. The second-order valence-electron chi connectivity index (χ2n) is 9.71. The molecule has 1 unspecified atom stereocenters. The number of aromatic nitrogens is 1. The fourth-order valence-electron chi connectivity index (χ4n) is 5.09. The van der Waals surface area contributed by atoms with Gasteiger partial charge in [-0.3, -0.25) is 30.1 Å². The summed E-state index contributed by atoms with van der Waals surface area (Å²) in [5.41, 5.74) is 5.39. The number of hydrogen-bond acceptors (Lipinski definition) is 7. The monoisotopic (exact) mass is 476 g/mol. The van der Waals surface area contributed by atoms with Gasteiger partial charge in [0.25, 0.3) is 11.8 Å². The summed E-state index contributed by atoms with van der Waals surface area (Å²) in [6.45, 7) is 3.88. The summed E-state index contributed by atoms with van der Waals surface area (Å²) in [6, 6.07) is -0.295. The van der Waals surface area contributed by atoms with Crippen LogP contribution in [0.15, 0.2) is 5.38 Å². The molecule has 3 aliphatic rings. The van der Waals surface area contributed by atoms with Crippen molar-refractivity contribution in [3.05, 3.63) is 16.1 Å². The van der Waals surface area contributed by atoms with Crippen LogP contribution >= 0.6 is 11.3 Å². The standard InChI is InChI=1S/C23H36N6O3S/c1-27-12-13-28(2)19(14-27)21(31)26-25-20(30)18-15-33-22(24-18)16-8-10-29(11-9-16)23(32)17-6-4-3-5-7-17/h15-17,19H,3-14H2,1-2H3,(H,25,30)(H,26,31). The third-order valence-electron chi connectivity index (χ3n) is 7.32. The number of likely N-dealkylation sites (N-methyl/N-ethyl adjacent to an activating group) is 2. The van der Waals surface area contributed by atoms with Crippen LogP contribution in [-0.4, -0.2) is 90.3 Å². The molecule has 0 aromatic carbocycles. The van der Waals surface area contributed by atoms with Crippen molar-refractivity contribution in [2.24, 2.45) is 5.92 Å². The van der Waals surface area contributed by atoms with Gasteiger partial charge >= 0.3 is 0 Å². The number of carbonyl (C=O) groups is 3. The number of piperidine rings is 1. The number of likely N-dealkylation sites (tertiary alicyclic amines) is 1. The maximum atomic E-state index is 12.8. The molecular formula is C23H36N6O3S. The summed E-state index contributed by atoms with van der Waals surface area (Å²) in [6.07, 6.45) is 7.43. The van der Waals surface area contributed by atoms with Gasteiger partial charge in [-0.2, -0.15) is 0 Å². The zero-order valence-electron chi connectivity index (χ0n) is 19.7. The smallest absolute Gasteiger partial charge is 0.289 e. The Hall–Kier alpha value is -2.04. The molecule has 4 rings (SSSR count). The van der Waals surface area contributed by atoms with Crippen molar-refractivity contribution in [2.45, 2.75) is 56.9 Å².